The van der Waals surface area contributed by atoms with Crippen LogP contribution in [0.5, 0.6) is 0 Å². The maximum Gasteiger partial charge on any atom is 0.168 e. The summed E-state index contributed by atoms with van der Waals surface area (Å²) in [5.41, 5.74) is 3.20. The number of aromatic nitrogens is 3. The zero-order valence-electron chi connectivity index (χ0n) is 11.7. The van der Waals surface area contributed by atoms with Gasteiger partial charge in [-0.15, -0.1) is 10.2 Å². The molecule has 106 valence electrons. The summed E-state index contributed by atoms with van der Waals surface area (Å²) in [5.74, 6) is 0.887. The summed E-state index contributed by atoms with van der Waals surface area (Å²) in [6, 6.07) is 14.4. The van der Waals surface area contributed by atoms with Crippen molar-refractivity contribution in [1.29, 1.82) is 0 Å². The quantitative estimate of drug-likeness (QED) is 0.777. The molecule has 1 saturated heterocycles. The largest absolute Gasteiger partial charge is 0.369 e. The van der Waals surface area contributed by atoms with E-state index in [1.54, 1.807) is 0 Å². The molecule has 1 N–H and O–H groups in total. The lowest BCUT2D eigenvalue weighted by Crippen LogP contribution is -2.43. The second kappa shape index (κ2) is 5.18. The lowest BCUT2D eigenvalue weighted by atomic mass is 10.2. The van der Waals surface area contributed by atoms with Gasteiger partial charge in [0, 0.05) is 49.7 Å². The van der Waals surface area contributed by atoms with Gasteiger partial charge in [-0.3, -0.25) is 4.40 Å². The molecule has 1 fully saturated rings. The maximum atomic E-state index is 4.33. The van der Waals surface area contributed by atoms with Crippen LogP contribution in [-0.4, -0.2) is 40.8 Å². The van der Waals surface area contributed by atoms with Crippen molar-refractivity contribution in [2.75, 3.05) is 31.1 Å². The molecular weight excluding hydrogens is 262 g/mol. The molecule has 1 aromatic carbocycles. The van der Waals surface area contributed by atoms with Crippen LogP contribution in [0.4, 0.5) is 5.69 Å². The molecule has 0 amide bonds. The van der Waals surface area contributed by atoms with Crippen LogP contribution in [0.2, 0.25) is 0 Å². The normalized spacial score (nSPS) is 15.5. The Bertz CT molecular complexity index is 744. The average molecular weight is 279 g/mol. The highest BCUT2D eigenvalue weighted by atomic mass is 15.3. The smallest absolute Gasteiger partial charge is 0.168 e. The van der Waals surface area contributed by atoms with Crippen molar-refractivity contribution < 1.29 is 0 Å². The first-order chi connectivity index (χ1) is 10.4. The summed E-state index contributed by atoms with van der Waals surface area (Å²) in [6.07, 6.45) is 2.06. The van der Waals surface area contributed by atoms with Crippen LogP contribution in [0.1, 0.15) is 0 Å². The summed E-state index contributed by atoms with van der Waals surface area (Å²) in [7, 11) is 0. The third-order valence-electron chi connectivity index (χ3n) is 3.91. The van der Waals surface area contributed by atoms with Gasteiger partial charge in [-0.1, -0.05) is 30.3 Å². The van der Waals surface area contributed by atoms with Gasteiger partial charge in [0.1, 0.15) is 0 Å². The summed E-state index contributed by atoms with van der Waals surface area (Å²) >= 11 is 0. The van der Waals surface area contributed by atoms with Gasteiger partial charge in [-0.25, -0.2) is 0 Å². The molecule has 0 unspecified atom stereocenters. The van der Waals surface area contributed by atoms with Gasteiger partial charge < -0.3 is 10.2 Å². The van der Waals surface area contributed by atoms with E-state index in [-0.39, 0.29) is 0 Å². The third-order valence-corrected chi connectivity index (χ3v) is 3.91. The molecule has 5 heteroatoms. The lowest BCUT2D eigenvalue weighted by Gasteiger charge is -2.29. The van der Waals surface area contributed by atoms with Crippen molar-refractivity contribution in [2.45, 2.75) is 0 Å². The minimum atomic E-state index is 0.887. The first-order valence-corrected chi connectivity index (χ1v) is 7.28. The Morgan fingerprint density at radius 3 is 2.57 bits per heavy atom. The fourth-order valence-corrected chi connectivity index (χ4v) is 2.78. The van der Waals surface area contributed by atoms with Crippen molar-refractivity contribution in [3.63, 3.8) is 0 Å². The Morgan fingerprint density at radius 1 is 0.952 bits per heavy atom. The van der Waals surface area contributed by atoms with Gasteiger partial charge in [0.05, 0.1) is 0 Å². The van der Waals surface area contributed by atoms with Crippen LogP contribution < -0.4 is 10.2 Å². The molecule has 21 heavy (non-hydrogen) atoms. The Balaban J connectivity index is 1.74. The number of pyridine rings is 1. The van der Waals surface area contributed by atoms with Gasteiger partial charge in [-0.2, -0.15) is 0 Å². The fourth-order valence-electron chi connectivity index (χ4n) is 2.78. The zero-order chi connectivity index (χ0) is 14.1. The van der Waals surface area contributed by atoms with Gasteiger partial charge in [-0.05, 0) is 6.07 Å². The molecule has 3 aromatic rings. The van der Waals surface area contributed by atoms with E-state index in [1.165, 1.54) is 5.69 Å². The second-order valence-corrected chi connectivity index (χ2v) is 5.24. The van der Waals surface area contributed by atoms with Crippen LogP contribution in [0.25, 0.3) is 17.0 Å². The molecular formula is C16H17N5. The van der Waals surface area contributed by atoms with Gasteiger partial charge in [0.25, 0.3) is 0 Å². The van der Waals surface area contributed by atoms with Crippen LogP contribution in [0.3, 0.4) is 0 Å². The summed E-state index contributed by atoms with van der Waals surface area (Å²) in [4.78, 5) is 2.38. The van der Waals surface area contributed by atoms with E-state index >= 15 is 0 Å². The number of anilines is 1. The molecule has 0 saturated carbocycles. The molecule has 0 aliphatic carbocycles. The average Bonchev–Trinajstić information content (AvgIpc) is 2.99. The first-order valence-electron chi connectivity index (χ1n) is 7.28. The number of nitrogens with zero attached hydrogens (tertiary/aromatic N) is 4. The van der Waals surface area contributed by atoms with E-state index in [1.807, 2.05) is 22.6 Å². The standard InChI is InChI=1S/C16H17N5/c1-2-4-13(5-3-1)16-19-18-15-12-14(6-9-21(15)16)20-10-7-17-8-11-20/h1-6,9,12,17H,7-8,10-11H2. The van der Waals surface area contributed by atoms with Crippen molar-refractivity contribution in [3.8, 4) is 11.4 Å². The number of hydrogen-bond acceptors (Lipinski definition) is 4. The van der Waals surface area contributed by atoms with Crippen LogP contribution >= 0.6 is 0 Å². The predicted molar refractivity (Wildman–Crippen MR) is 83.5 cm³/mol. The number of benzene rings is 1. The van der Waals surface area contributed by atoms with Gasteiger partial charge in [0.15, 0.2) is 11.5 Å². The fraction of sp³-hybridized carbons (Fsp3) is 0.250. The Hall–Kier alpha value is -2.40. The number of hydrogen-bond donors (Lipinski definition) is 1. The van der Waals surface area contributed by atoms with Crippen LogP contribution in [0.15, 0.2) is 48.7 Å². The van der Waals surface area contributed by atoms with Crippen molar-refractivity contribution >= 4 is 11.3 Å². The van der Waals surface area contributed by atoms with Crippen LogP contribution in [-0.2, 0) is 0 Å². The highest BCUT2D eigenvalue weighted by Gasteiger charge is 2.13. The first kappa shape index (κ1) is 12.3. The molecule has 4 rings (SSSR count). The van der Waals surface area contributed by atoms with Crippen molar-refractivity contribution in [2.24, 2.45) is 0 Å². The molecule has 1 aliphatic rings. The number of rotatable bonds is 2. The van der Waals surface area contributed by atoms with Gasteiger partial charge in [0.2, 0.25) is 0 Å². The van der Waals surface area contributed by atoms with E-state index in [9.17, 15) is 0 Å². The molecule has 0 radical (unpaired) electrons. The topological polar surface area (TPSA) is 45.5 Å². The van der Waals surface area contributed by atoms with E-state index in [0.717, 1.165) is 43.2 Å². The Kier molecular flexibility index (Phi) is 3.05. The highest BCUT2D eigenvalue weighted by Crippen LogP contribution is 2.21. The molecule has 0 atom stereocenters. The monoisotopic (exact) mass is 279 g/mol. The molecule has 0 spiro atoms. The van der Waals surface area contributed by atoms with Crippen molar-refractivity contribution in [1.82, 2.24) is 19.9 Å². The molecule has 5 nitrogen and oxygen atoms in total. The predicted octanol–water partition coefficient (Wildman–Crippen LogP) is 1.81. The summed E-state index contributed by atoms with van der Waals surface area (Å²) in [5, 5.41) is 12.0. The molecule has 2 aromatic heterocycles. The highest BCUT2D eigenvalue weighted by molar-refractivity contribution is 5.63. The van der Waals surface area contributed by atoms with Crippen LogP contribution in [0, 0.1) is 0 Å². The zero-order valence-corrected chi connectivity index (χ0v) is 11.7. The third kappa shape index (κ3) is 2.25. The lowest BCUT2D eigenvalue weighted by molar-refractivity contribution is 0.589. The molecule has 0 bridgehead atoms. The number of fused-ring (bicyclic) bond motifs is 1. The van der Waals surface area contributed by atoms with E-state index in [4.69, 9.17) is 0 Å². The Morgan fingerprint density at radius 2 is 1.76 bits per heavy atom. The number of piperazine rings is 1. The second-order valence-electron chi connectivity index (χ2n) is 5.24. The van der Waals surface area contributed by atoms with Gasteiger partial charge >= 0.3 is 0 Å². The van der Waals surface area contributed by atoms with E-state index < -0.39 is 0 Å². The minimum Gasteiger partial charge on any atom is -0.369 e. The van der Waals surface area contributed by atoms with E-state index in [0.29, 0.717) is 0 Å². The Labute approximate surface area is 123 Å². The van der Waals surface area contributed by atoms with Crippen molar-refractivity contribution in [3.05, 3.63) is 48.7 Å². The SMILES string of the molecule is c1ccc(-c2nnc3cc(N4CCNCC4)ccn23)cc1. The maximum absolute atomic E-state index is 4.33. The minimum absolute atomic E-state index is 0.887. The molecule has 3 heterocycles. The summed E-state index contributed by atoms with van der Waals surface area (Å²) < 4.78 is 2.04. The molecule has 1 aliphatic heterocycles. The van der Waals surface area contributed by atoms with E-state index in [2.05, 4.69) is 50.9 Å². The summed E-state index contributed by atoms with van der Waals surface area (Å²) in [6.45, 7) is 4.14. The number of nitrogens with one attached hydrogen (secondary N) is 1.